The van der Waals surface area contributed by atoms with Crippen molar-refractivity contribution < 1.29 is 19.1 Å². The molecule has 136 valence electrons. The number of nitrogens with zero attached hydrogens (tertiary/aromatic N) is 1. The fraction of sp³-hybridized carbons (Fsp3) is 0.211. The number of rotatable bonds is 7. The van der Waals surface area contributed by atoms with E-state index in [-0.39, 0.29) is 11.8 Å². The SMILES string of the molecule is CCOc1c(/C=N\NC(=O)c2ccc(NC(C)=O)cc2)cccc1OC. The highest BCUT2D eigenvalue weighted by Crippen LogP contribution is 2.29. The lowest BCUT2D eigenvalue weighted by Gasteiger charge is -2.11. The van der Waals surface area contributed by atoms with Gasteiger partial charge in [0.2, 0.25) is 5.91 Å². The quantitative estimate of drug-likeness (QED) is 0.590. The standard InChI is InChI=1S/C19H21N3O4/c1-4-26-18-15(6-5-7-17(18)25-3)12-20-22-19(24)14-8-10-16(11-9-14)21-13(2)23/h5-12H,4H2,1-3H3,(H,21,23)(H,22,24)/b20-12-. The summed E-state index contributed by atoms with van der Waals surface area (Å²) in [6, 6.07) is 11.9. The monoisotopic (exact) mass is 355 g/mol. The minimum absolute atomic E-state index is 0.171. The fourth-order valence-corrected chi connectivity index (χ4v) is 2.23. The Morgan fingerprint density at radius 2 is 1.88 bits per heavy atom. The first-order valence-corrected chi connectivity index (χ1v) is 8.06. The number of carbonyl (C=O) groups excluding carboxylic acids is 2. The lowest BCUT2D eigenvalue weighted by Crippen LogP contribution is -2.17. The number of nitrogens with one attached hydrogen (secondary N) is 2. The predicted octanol–water partition coefficient (Wildman–Crippen LogP) is 2.82. The Morgan fingerprint density at radius 1 is 1.15 bits per heavy atom. The van der Waals surface area contributed by atoms with E-state index < -0.39 is 0 Å². The van der Waals surface area contributed by atoms with Crippen LogP contribution < -0.4 is 20.2 Å². The van der Waals surface area contributed by atoms with Crippen LogP contribution in [0.15, 0.2) is 47.6 Å². The first kappa shape index (κ1) is 19.0. The third-order valence-corrected chi connectivity index (χ3v) is 3.36. The first-order valence-electron chi connectivity index (χ1n) is 8.06. The predicted molar refractivity (Wildman–Crippen MR) is 100.0 cm³/mol. The summed E-state index contributed by atoms with van der Waals surface area (Å²) in [5.41, 5.74) is 4.19. The number of hydrogen-bond acceptors (Lipinski definition) is 5. The first-order chi connectivity index (χ1) is 12.5. The van der Waals surface area contributed by atoms with Gasteiger partial charge < -0.3 is 14.8 Å². The molecule has 2 amide bonds. The zero-order chi connectivity index (χ0) is 18.9. The second-order valence-corrected chi connectivity index (χ2v) is 5.27. The summed E-state index contributed by atoms with van der Waals surface area (Å²) < 4.78 is 10.9. The average molecular weight is 355 g/mol. The number of benzene rings is 2. The van der Waals surface area contributed by atoms with Crippen LogP contribution in [0.4, 0.5) is 5.69 Å². The highest BCUT2D eigenvalue weighted by molar-refractivity contribution is 5.96. The molecule has 0 saturated heterocycles. The number of hydrogen-bond donors (Lipinski definition) is 2. The Kier molecular flexibility index (Phi) is 6.73. The van der Waals surface area contributed by atoms with Gasteiger partial charge in [-0.25, -0.2) is 5.43 Å². The van der Waals surface area contributed by atoms with Gasteiger partial charge >= 0.3 is 0 Å². The molecule has 0 saturated carbocycles. The number of carbonyl (C=O) groups is 2. The number of ether oxygens (including phenoxy) is 2. The Balaban J connectivity index is 2.06. The lowest BCUT2D eigenvalue weighted by atomic mass is 10.2. The molecule has 2 N–H and O–H groups in total. The molecule has 0 bridgehead atoms. The van der Waals surface area contributed by atoms with E-state index in [2.05, 4.69) is 15.8 Å². The van der Waals surface area contributed by atoms with E-state index in [1.807, 2.05) is 19.1 Å². The summed E-state index contributed by atoms with van der Waals surface area (Å²) in [5, 5.41) is 6.62. The summed E-state index contributed by atoms with van der Waals surface area (Å²) in [5.74, 6) is 0.623. The van der Waals surface area contributed by atoms with Gasteiger partial charge in [-0.15, -0.1) is 0 Å². The van der Waals surface area contributed by atoms with Crippen molar-refractivity contribution in [3.05, 3.63) is 53.6 Å². The van der Waals surface area contributed by atoms with Crippen LogP contribution in [0.1, 0.15) is 29.8 Å². The summed E-state index contributed by atoms with van der Waals surface area (Å²) in [6.45, 7) is 3.78. The van der Waals surface area contributed by atoms with E-state index in [1.54, 1.807) is 37.4 Å². The van der Waals surface area contributed by atoms with Gasteiger partial charge in [0.1, 0.15) is 0 Å². The lowest BCUT2D eigenvalue weighted by molar-refractivity contribution is -0.114. The molecule has 0 aliphatic carbocycles. The van der Waals surface area contributed by atoms with Crippen LogP contribution >= 0.6 is 0 Å². The molecule has 0 spiro atoms. The van der Waals surface area contributed by atoms with Gasteiger partial charge in [-0.2, -0.15) is 5.10 Å². The Bertz CT molecular complexity index is 801. The maximum absolute atomic E-state index is 12.1. The van der Waals surface area contributed by atoms with E-state index in [1.165, 1.54) is 13.1 Å². The molecule has 7 heteroatoms. The maximum Gasteiger partial charge on any atom is 0.271 e. The molecule has 7 nitrogen and oxygen atoms in total. The second kappa shape index (κ2) is 9.22. The van der Waals surface area contributed by atoms with Gasteiger partial charge in [-0.1, -0.05) is 6.07 Å². The molecule has 2 aromatic rings. The topological polar surface area (TPSA) is 89.0 Å². The van der Waals surface area contributed by atoms with Crippen molar-refractivity contribution in [1.82, 2.24) is 5.43 Å². The van der Waals surface area contributed by atoms with Crippen molar-refractivity contribution in [2.75, 3.05) is 19.0 Å². The molecule has 0 heterocycles. The van der Waals surface area contributed by atoms with Crippen LogP contribution in [0.25, 0.3) is 0 Å². The average Bonchev–Trinajstić information content (AvgIpc) is 2.63. The number of hydrazone groups is 1. The largest absolute Gasteiger partial charge is 0.493 e. The smallest absolute Gasteiger partial charge is 0.271 e. The van der Waals surface area contributed by atoms with Gasteiger partial charge in [-0.05, 0) is 43.3 Å². The van der Waals surface area contributed by atoms with E-state index in [0.717, 1.165) is 0 Å². The Morgan fingerprint density at radius 3 is 2.50 bits per heavy atom. The van der Waals surface area contributed by atoms with Crippen molar-refractivity contribution in [2.45, 2.75) is 13.8 Å². The third-order valence-electron chi connectivity index (χ3n) is 3.36. The minimum atomic E-state index is -0.364. The molecular formula is C19H21N3O4. The maximum atomic E-state index is 12.1. The van der Waals surface area contributed by atoms with Crippen LogP contribution in [0.2, 0.25) is 0 Å². The van der Waals surface area contributed by atoms with E-state index in [4.69, 9.17) is 9.47 Å². The van der Waals surface area contributed by atoms with Crippen LogP contribution in [-0.4, -0.2) is 31.7 Å². The molecule has 0 fully saturated rings. The van der Waals surface area contributed by atoms with E-state index >= 15 is 0 Å². The molecule has 26 heavy (non-hydrogen) atoms. The molecule has 2 aromatic carbocycles. The normalized spacial score (nSPS) is 10.4. The summed E-state index contributed by atoms with van der Waals surface area (Å²) in [7, 11) is 1.56. The van der Waals surface area contributed by atoms with E-state index in [0.29, 0.717) is 34.9 Å². The van der Waals surface area contributed by atoms with Gasteiger partial charge in [-0.3, -0.25) is 9.59 Å². The molecule has 0 radical (unpaired) electrons. The Labute approximate surface area is 152 Å². The minimum Gasteiger partial charge on any atom is -0.493 e. The molecule has 0 unspecified atom stereocenters. The summed E-state index contributed by atoms with van der Waals surface area (Å²) in [6.07, 6.45) is 1.50. The van der Waals surface area contributed by atoms with Gasteiger partial charge in [0.05, 0.1) is 19.9 Å². The van der Waals surface area contributed by atoms with Gasteiger partial charge in [0.15, 0.2) is 11.5 Å². The van der Waals surface area contributed by atoms with Gasteiger partial charge in [0.25, 0.3) is 5.91 Å². The summed E-state index contributed by atoms with van der Waals surface area (Å²) >= 11 is 0. The highest BCUT2D eigenvalue weighted by Gasteiger charge is 2.09. The molecule has 2 rings (SSSR count). The summed E-state index contributed by atoms with van der Waals surface area (Å²) in [4.78, 5) is 23.1. The fourth-order valence-electron chi connectivity index (χ4n) is 2.23. The zero-order valence-electron chi connectivity index (χ0n) is 14.9. The van der Waals surface area contributed by atoms with Crippen LogP contribution in [0.5, 0.6) is 11.5 Å². The highest BCUT2D eigenvalue weighted by atomic mass is 16.5. The van der Waals surface area contributed by atoms with Crippen molar-refractivity contribution >= 4 is 23.7 Å². The van der Waals surface area contributed by atoms with Crippen LogP contribution in [0.3, 0.4) is 0 Å². The number of amides is 2. The molecular weight excluding hydrogens is 334 g/mol. The van der Waals surface area contributed by atoms with Crippen molar-refractivity contribution in [3.8, 4) is 11.5 Å². The molecule has 0 aromatic heterocycles. The second-order valence-electron chi connectivity index (χ2n) is 5.27. The van der Waals surface area contributed by atoms with E-state index in [9.17, 15) is 9.59 Å². The van der Waals surface area contributed by atoms with Gasteiger partial charge in [0, 0.05) is 23.7 Å². The van der Waals surface area contributed by atoms with Crippen molar-refractivity contribution in [1.29, 1.82) is 0 Å². The van der Waals surface area contributed by atoms with Crippen molar-refractivity contribution in [2.24, 2.45) is 5.10 Å². The number of para-hydroxylation sites is 1. The Hall–Kier alpha value is -3.35. The number of methoxy groups -OCH3 is 1. The van der Waals surface area contributed by atoms with Crippen LogP contribution in [-0.2, 0) is 4.79 Å². The zero-order valence-corrected chi connectivity index (χ0v) is 14.9. The molecule has 0 aliphatic rings. The van der Waals surface area contributed by atoms with Crippen molar-refractivity contribution in [3.63, 3.8) is 0 Å². The molecule has 0 aliphatic heterocycles. The third kappa shape index (κ3) is 5.07. The molecule has 0 atom stereocenters. The van der Waals surface area contributed by atoms with Crippen LogP contribution in [0, 0.1) is 0 Å². The number of anilines is 1.